The second-order valence-electron chi connectivity index (χ2n) is 4.64. The SMILES string of the molecule is CCCCCCC(C)OP(=O)(O)Oc1ccccc1.[Ca+2].[H-].[H-]. The third-order valence-corrected chi connectivity index (χ3v) is 3.81. The zero-order chi connectivity index (χ0) is 14.1. The van der Waals surface area contributed by atoms with Crippen molar-refractivity contribution in [2.45, 2.75) is 52.1 Å². The molecule has 1 N–H and O–H groups in total. The van der Waals surface area contributed by atoms with Crippen LogP contribution in [-0.2, 0) is 9.09 Å². The van der Waals surface area contributed by atoms with Gasteiger partial charge in [-0.2, -0.15) is 0 Å². The van der Waals surface area contributed by atoms with Crippen LogP contribution in [0.5, 0.6) is 5.75 Å². The van der Waals surface area contributed by atoms with Crippen LogP contribution in [0.25, 0.3) is 0 Å². The fraction of sp³-hybridized carbons (Fsp3) is 0.571. The van der Waals surface area contributed by atoms with Crippen molar-refractivity contribution in [3.63, 3.8) is 0 Å². The molecule has 0 aromatic heterocycles. The number of rotatable bonds is 9. The minimum absolute atomic E-state index is 0. The summed E-state index contributed by atoms with van der Waals surface area (Å²) in [5.41, 5.74) is 0. The number of phosphoric ester groups is 1. The van der Waals surface area contributed by atoms with E-state index in [1.165, 1.54) is 12.8 Å². The minimum Gasteiger partial charge on any atom is -1.00 e. The summed E-state index contributed by atoms with van der Waals surface area (Å²) >= 11 is 0. The first kappa shape index (κ1) is 20.4. The molecule has 0 radical (unpaired) electrons. The van der Waals surface area contributed by atoms with Gasteiger partial charge in [0.25, 0.3) is 0 Å². The van der Waals surface area contributed by atoms with Crippen LogP contribution in [0, 0.1) is 0 Å². The summed E-state index contributed by atoms with van der Waals surface area (Å²) in [5.74, 6) is 0.339. The number of hydrogen-bond acceptors (Lipinski definition) is 3. The maximum atomic E-state index is 11.8. The van der Waals surface area contributed by atoms with Crippen molar-refractivity contribution in [2.75, 3.05) is 0 Å². The molecule has 1 aromatic carbocycles. The summed E-state index contributed by atoms with van der Waals surface area (Å²) in [7, 11) is -4.03. The molecule has 2 atom stereocenters. The third-order valence-electron chi connectivity index (χ3n) is 2.74. The van der Waals surface area contributed by atoms with Crippen molar-refractivity contribution in [1.82, 2.24) is 0 Å². The Kier molecular flexibility index (Phi) is 11.3. The molecule has 0 aliphatic carbocycles. The van der Waals surface area contributed by atoms with Crippen LogP contribution in [0.4, 0.5) is 0 Å². The average Bonchev–Trinajstić information content (AvgIpc) is 2.34. The molecule has 4 nitrogen and oxygen atoms in total. The topological polar surface area (TPSA) is 55.8 Å². The molecule has 0 amide bonds. The van der Waals surface area contributed by atoms with Crippen LogP contribution in [0.3, 0.4) is 0 Å². The maximum absolute atomic E-state index is 11.8. The Hall–Kier alpha value is 0.430. The minimum atomic E-state index is -4.03. The maximum Gasteiger partial charge on any atom is 2.00 e. The molecule has 0 aliphatic rings. The van der Waals surface area contributed by atoms with Crippen molar-refractivity contribution < 1.29 is 21.4 Å². The molecule has 112 valence electrons. The first-order valence-corrected chi connectivity index (χ1v) is 8.29. The van der Waals surface area contributed by atoms with Gasteiger partial charge in [-0.1, -0.05) is 50.8 Å². The van der Waals surface area contributed by atoms with E-state index in [2.05, 4.69) is 6.92 Å². The van der Waals surface area contributed by atoms with E-state index in [1.54, 1.807) is 31.2 Å². The van der Waals surface area contributed by atoms with E-state index in [0.717, 1.165) is 19.3 Å². The summed E-state index contributed by atoms with van der Waals surface area (Å²) in [6, 6.07) is 8.54. The molecule has 6 heteroatoms. The number of phosphoric acid groups is 1. The van der Waals surface area contributed by atoms with Crippen LogP contribution in [-0.4, -0.2) is 48.7 Å². The Morgan fingerprint density at radius 3 is 2.50 bits per heavy atom. The van der Waals surface area contributed by atoms with Crippen LogP contribution in [0.15, 0.2) is 30.3 Å². The van der Waals surface area contributed by atoms with E-state index in [0.29, 0.717) is 5.75 Å². The van der Waals surface area contributed by atoms with E-state index >= 15 is 0 Å². The fourth-order valence-electron chi connectivity index (χ4n) is 1.77. The summed E-state index contributed by atoms with van der Waals surface area (Å²) in [6.07, 6.45) is 4.97. The quantitative estimate of drug-likeness (QED) is 0.415. The number of hydrogen-bond donors (Lipinski definition) is 1. The predicted octanol–water partition coefficient (Wildman–Crippen LogP) is 4.39. The van der Waals surface area contributed by atoms with Gasteiger partial charge < -0.3 is 7.38 Å². The largest absolute Gasteiger partial charge is 2.00 e. The molecule has 2 unspecified atom stereocenters. The van der Waals surface area contributed by atoms with Crippen molar-refractivity contribution in [2.24, 2.45) is 0 Å². The van der Waals surface area contributed by atoms with E-state index in [4.69, 9.17) is 9.05 Å². The molecule has 20 heavy (non-hydrogen) atoms. The van der Waals surface area contributed by atoms with Gasteiger partial charge in [0, 0.05) is 0 Å². The summed E-state index contributed by atoms with van der Waals surface area (Å²) in [6.45, 7) is 3.94. The Bertz CT molecular complexity index is 409. The van der Waals surface area contributed by atoms with Gasteiger partial charge in [-0.05, 0) is 25.5 Å². The zero-order valence-corrected chi connectivity index (χ0v) is 15.4. The van der Waals surface area contributed by atoms with Gasteiger partial charge in [-0.3, -0.25) is 9.42 Å². The Morgan fingerprint density at radius 2 is 1.90 bits per heavy atom. The van der Waals surface area contributed by atoms with E-state index in [1.807, 2.05) is 6.07 Å². The van der Waals surface area contributed by atoms with Gasteiger partial charge in [0.15, 0.2) is 0 Å². The van der Waals surface area contributed by atoms with Crippen molar-refractivity contribution in [3.05, 3.63) is 30.3 Å². The molecule has 1 rings (SSSR count). The standard InChI is InChI=1S/C14H23O4P.Ca.2H/c1-3-4-5-7-10-13(2)17-19(15,16)18-14-11-8-6-9-12-14;;;/h6,8-9,11-13H,3-5,7,10H2,1-2H3,(H,15,16);;;/q;+2;2*-1. The van der Waals surface area contributed by atoms with Crippen LogP contribution < -0.4 is 4.52 Å². The average molecular weight is 328 g/mol. The Balaban J connectivity index is -0.00000120. The summed E-state index contributed by atoms with van der Waals surface area (Å²) in [5, 5.41) is 0. The van der Waals surface area contributed by atoms with Crippen LogP contribution in [0.1, 0.15) is 48.8 Å². The van der Waals surface area contributed by atoms with Crippen LogP contribution in [0.2, 0.25) is 0 Å². The second-order valence-corrected chi connectivity index (χ2v) is 5.97. The van der Waals surface area contributed by atoms with E-state index in [-0.39, 0.29) is 46.7 Å². The molecule has 0 saturated carbocycles. The molecule has 0 fully saturated rings. The van der Waals surface area contributed by atoms with Crippen molar-refractivity contribution in [1.29, 1.82) is 0 Å². The number of benzene rings is 1. The molecule has 0 aliphatic heterocycles. The van der Waals surface area contributed by atoms with Gasteiger partial charge in [0.05, 0.1) is 6.10 Å². The van der Waals surface area contributed by atoms with Gasteiger partial charge in [-0.25, -0.2) is 4.57 Å². The smallest absolute Gasteiger partial charge is 1.00 e. The fourth-order valence-corrected chi connectivity index (χ4v) is 2.77. The molecular formula is C14H25CaO4P. The molecule has 1 aromatic rings. The van der Waals surface area contributed by atoms with Crippen molar-refractivity contribution in [3.8, 4) is 5.75 Å². The monoisotopic (exact) mass is 328 g/mol. The second kappa shape index (κ2) is 11.1. The predicted molar refractivity (Wildman–Crippen MR) is 84.2 cm³/mol. The molecule has 0 spiro atoms. The van der Waals surface area contributed by atoms with E-state index in [9.17, 15) is 9.46 Å². The van der Waals surface area contributed by atoms with Crippen molar-refractivity contribution >= 4 is 45.6 Å². The number of para-hydroxylation sites is 1. The first-order chi connectivity index (χ1) is 9.03. The first-order valence-electron chi connectivity index (χ1n) is 6.79. The molecule has 0 heterocycles. The van der Waals surface area contributed by atoms with Crippen LogP contribution >= 0.6 is 7.82 Å². The summed E-state index contributed by atoms with van der Waals surface area (Å²) < 4.78 is 21.9. The zero-order valence-electron chi connectivity index (χ0n) is 14.3. The number of unbranched alkanes of at least 4 members (excludes halogenated alkanes) is 3. The normalized spacial score (nSPS) is 14.9. The third kappa shape index (κ3) is 9.38. The summed E-state index contributed by atoms with van der Waals surface area (Å²) in [4.78, 5) is 9.65. The molecule has 0 bridgehead atoms. The Morgan fingerprint density at radius 1 is 1.25 bits per heavy atom. The van der Waals surface area contributed by atoms with Gasteiger partial charge in [0.2, 0.25) is 0 Å². The van der Waals surface area contributed by atoms with Gasteiger partial charge >= 0.3 is 45.6 Å². The molecule has 0 saturated heterocycles. The molecular weight excluding hydrogens is 303 g/mol. The Labute approximate surface area is 154 Å². The van der Waals surface area contributed by atoms with E-state index < -0.39 is 7.82 Å². The van der Waals surface area contributed by atoms with Gasteiger partial charge in [0.1, 0.15) is 5.75 Å². The van der Waals surface area contributed by atoms with Gasteiger partial charge in [-0.15, -0.1) is 0 Å².